The van der Waals surface area contributed by atoms with E-state index in [2.05, 4.69) is 14.9 Å². The zero-order valence-corrected chi connectivity index (χ0v) is 21.1. The third-order valence-electron chi connectivity index (χ3n) is 7.37. The summed E-state index contributed by atoms with van der Waals surface area (Å²) in [5.74, 6) is 3.26. The number of aromatic amines is 1. The topological polar surface area (TPSA) is 98.7 Å². The number of hydrogen-bond acceptors (Lipinski definition) is 8. The van der Waals surface area contributed by atoms with Crippen LogP contribution in [0.1, 0.15) is 24.3 Å². The van der Waals surface area contributed by atoms with Crippen molar-refractivity contribution in [1.29, 1.82) is 0 Å². The number of hydrogen-bond donors (Lipinski definition) is 1. The molecule has 0 spiro atoms. The number of nitrogens with one attached hydrogen (secondary N) is 1. The van der Waals surface area contributed by atoms with Crippen LogP contribution in [-0.2, 0) is 6.54 Å². The highest BCUT2D eigenvalue weighted by atomic mass is 32.1. The molecule has 2 aliphatic rings. The summed E-state index contributed by atoms with van der Waals surface area (Å²) in [6.45, 7) is 3.97. The number of pyridine rings is 1. The van der Waals surface area contributed by atoms with Gasteiger partial charge in [0.05, 0.1) is 32.5 Å². The molecule has 0 radical (unpaired) electrons. The minimum absolute atomic E-state index is 0.260. The maximum atomic E-state index is 13.1. The van der Waals surface area contributed by atoms with E-state index >= 15 is 0 Å². The van der Waals surface area contributed by atoms with E-state index in [1.807, 2.05) is 18.2 Å². The predicted octanol–water partition coefficient (Wildman–Crippen LogP) is 3.20. The van der Waals surface area contributed by atoms with Crippen LogP contribution in [0.5, 0.6) is 17.2 Å². The van der Waals surface area contributed by atoms with Crippen molar-refractivity contribution in [2.45, 2.75) is 25.3 Å². The molecule has 3 aromatic heterocycles. The molecule has 9 nitrogen and oxygen atoms in total. The van der Waals surface area contributed by atoms with Crippen LogP contribution in [0.3, 0.4) is 0 Å². The first-order valence-corrected chi connectivity index (χ1v) is 13.0. The van der Waals surface area contributed by atoms with Crippen LogP contribution < -0.4 is 25.5 Å². The molecular formula is C26H28N4O5S. The third kappa shape index (κ3) is 3.84. The number of H-pyrrole nitrogens is 1. The summed E-state index contributed by atoms with van der Waals surface area (Å²) in [7, 11) is 3.27. The molecule has 1 saturated heterocycles. The Morgan fingerprint density at radius 3 is 2.86 bits per heavy atom. The van der Waals surface area contributed by atoms with E-state index in [0.29, 0.717) is 39.2 Å². The molecule has 0 saturated carbocycles. The van der Waals surface area contributed by atoms with Crippen molar-refractivity contribution in [2.24, 2.45) is 5.92 Å². The number of nitrogens with zero attached hydrogens (tertiary/aromatic N) is 3. The summed E-state index contributed by atoms with van der Waals surface area (Å²) < 4.78 is 18.7. The first kappa shape index (κ1) is 23.1. The van der Waals surface area contributed by atoms with Crippen LogP contribution >= 0.6 is 11.3 Å². The predicted molar refractivity (Wildman–Crippen MR) is 139 cm³/mol. The Hall–Kier alpha value is -3.37. The molecule has 1 N–H and O–H groups in total. The Balaban J connectivity index is 1.13. The van der Waals surface area contributed by atoms with E-state index in [1.165, 1.54) is 21.5 Å². The molecular weight excluding hydrogens is 480 g/mol. The molecule has 36 heavy (non-hydrogen) atoms. The fourth-order valence-corrected chi connectivity index (χ4v) is 6.61. The van der Waals surface area contributed by atoms with E-state index in [1.54, 1.807) is 26.5 Å². The summed E-state index contributed by atoms with van der Waals surface area (Å²) in [5.41, 5.74) is 1.07. The SMILES string of the molecule is COc1cnc2sc3c(=O)n(CCCCN4C[C@H]5COc6cccc(OC)c6[C@@H]5C4)c(=O)[nH]c3c2c1. The van der Waals surface area contributed by atoms with E-state index < -0.39 is 0 Å². The average Bonchev–Trinajstić information content (AvgIpc) is 3.48. The number of unbranched alkanes of at least 4 members (excludes halogenated alkanes) is 1. The third-order valence-corrected chi connectivity index (χ3v) is 8.47. The lowest BCUT2D eigenvalue weighted by molar-refractivity contribution is 0.209. The summed E-state index contributed by atoms with van der Waals surface area (Å²) in [6, 6.07) is 7.79. The van der Waals surface area contributed by atoms with Gasteiger partial charge in [0.2, 0.25) is 0 Å². The lowest BCUT2D eigenvalue weighted by atomic mass is 9.86. The number of benzene rings is 1. The van der Waals surface area contributed by atoms with E-state index in [4.69, 9.17) is 14.2 Å². The molecule has 1 fully saturated rings. The molecule has 0 unspecified atom stereocenters. The molecule has 188 valence electrons. The number of methoxy groups -OCH3 is 2. The highest BCUT2D eigenvalue weighted by Gasteiger charge is 2.40. The Labute approximate surface area is 211 Å². The highest BCUT2D eigenvalue weighted by molar-refractivity contribution is 7.25. The van der Waals surface area contributed by atoms with Gasteiger partial charge in [0, 0.05) is 42.4 Å². The summed E-state index contributed by atoms with van der Waals surface area (Å²) in [4.78, 5) is 36.3. The maximum absolute atomic E-state index is 13.1. The van der Waals surface area contributed by atoms with Gasteiger partial charge in [-0.1, -0.05) is 6.07 Å². The minimum Gasteiger partial charge on any atom is -0.496 e. The second kappa shape index (κ2) is 9.25. The lowest BCUT2D eigenvalue weighted by Crippen LogP contribution is -2.34. The van der Waals surface area contributed by atoms with Gasteiger partial charge >= 0.3 is 5.69 Å². The average molecular weight is 509 g/mol. The largest absolute Gasteiger partial charge is 0.496 e. The molecule has 0 aliphatic carbocycles. The minimum atomic E-state index is -0.386. The van der Waals surface area contributed by atoms with Crippen LogP contribution in [0, 0.1) is 5.92 Å². The number of thiophene rings is 1. The quantitative estimate of drug-likeness (QED) is 0.383. The van der Waals surface area contributed by atoms with Gasteiger partial charge in [0.15, 0.2) is 0 Å². The summed E-state index contributed by atoms with van der Waals surface area (Å²) in [6.07, 6.45) is 3.26. The van der Waals surface area contributed by atoms with Crippen molar-refractivity contribution >= 4 is 31.8 Å². The van der Waals surface area contributed by atoms with Gasteiger partial charge in [-0.25, -0.2) is 9.78 Å². The molecule has 2 atom stereocenters. The Morgan fingerprint density at radius 1 is 1.17 bits per heavy atom. The maximum Gasteiger partial charge on any atom is 0.328 e. The Kier molecular flexibility index (Phi) is 5.93. The molecule has 2 aliphatic heterocycles. The zero-order chi connectivity index (χ0) is 24.8. The monoisotopic (exact) mass is 508 g/mol. The van der Waals surface area contributed by atoms with Crippen LogP contribution in [0.25, 0.3) is 20.4 Å². The molecule has 1 aromatic carbocycles. The fraction of sp³-hybridized carbons (Fsp3) is 0.423. The van der Waals surface area contributed by atoms with Crippen molar-refractivity contribution in [3.8, 4) is 17.2 Å². The number of aromatic nitrogens is 3. The number of rotatable bonds is 7. The number of likely N-dealkylation sites (tertiary alicyclic amines) is 1. The molecule has 5 heterocycles. The van der Waals surface area contributed by atoms with E-state index in [0.717, 1.165) is 56.0 Å². The summed E-state index contributed by atoms with van der Waals surface area (Å²) in [5, 5.41) is 0.730. The van der Waals surface area contributed by atoms with Gasteiger partial charge in [-0.3, -0.25) is 9.36 Å². The van der Waals surface area contributed by atoms with Crippen LogP contribution in [0.4, 0.5) is 0 Å². The molecule has 10 heteroatoms. The van der Waals surface area contributed by atoms with Crippen LogP contribution in [0.2, 0.25) is 0 Å². The van der Waals surface area contributed by atoms with Crippen LogP contribution in [-0.4, -0.2) is 59.9 Å². The van der Waals surface area contributed by atoms with E-state index in [9.17, 15) is 9.59 Å². The second-order valence-corrected chi connectivity index (χ2v) is 10.4. The van der Waals surface area contributed by atoms with Gasteiger partial charge in [-0.2, -0.15) is 0 Å². The number of fused-ring (bicyclic) bond motifs is 6. The standard InChI is InChI=1S/C26H28N4O5S/c1-33-16-10-17-22-23(36-24(17)27-11-16)25(31)30(26(32)28-22)9-4-3-8-29-12-15-14-35-20-7-5-6-19(34-2)21(20)18(15)13-29/h5-7,10-11,15,18H,3-4,8-9,12-14H2,1-2H3,(H,28,32)/t15-,18+/m0/s1. The normalized spacial score (nSPS) is 19.3. The number of ether oxygens (including phenoxy) is 3. The van der Waals surface area contributed by atoms with Crippen LogP contribution in [0.15, 0.2) is 40.1 Å². The van der Waals surface area contributed by atoms with Gasteiger partial charge < -0.3 is 24.1 Å². The van der Waals surface area contributed by atoms with Crippen molar-refractivity contribution in [2.75, 3.05) is 40.5 Å². The summed E-state index contributed by atoms with van der Waals surface area (Å²) >= 11 is 1.30. The highest BCUT2D eigenvalue weighted by Crippen LogP contribution is 2.46. The van der Waals surface area contributed by atoms with Crippen molar-refractivity contribution in [1.82, 2.24) is 19.4 Å². The van der Waals surface area contributed by atoms with Gasteiger partial charge in [0.1, 0.15) is 26.8 Å². The van der Waals surface area contributed by atoms with Gasteiger partial charge in [-0.05, 0) is 37.6 Å². The lowest BCUT2D eigenvalue weighted by Gasteiger charge is -2.29. The van der Waals surface area contributed by atoms with Gasteiger partial charge in [-0.15, -0.1) is 11.3 Å². The van der Waals surface area contributed by atoms with Crippen molar-refractivity contribution < 1.29 is 14.2 Å². The van der Waals surface area contributed by atoms with Crippen molar-refractivity contribution in [3.05, 3.63) is 56.9 Å². The molecule has 0 bridgehead atoms. The second-order valence-electron chi connectivity index (χ2n) is 9.44. The molecule has 0 amide bonds. The smallest absolute Gasteiger partial charge is 0.328 e. The van der Waals surface area contributed by atoms with Gasteiger partial charge in [0.25, 0.3) is 5.56 Å². The van der Waals surface area contributed by atoms with E-state index in [-0.39, 0.29) is 11.2 Å². The first-order valence-electron chi connectivity index (χ1n) is 12.2. The first-order chi connectivity index (χ1) is 17.6. The zero-order valence-electron chi connectivity index (χ0n) is 20.3. The van der Waals surface area contributed by atoms with Crippen molar-refractivity contribution in [3.63, 3.8) is 0 Å². The molecule has 6 rings (SSSR count). The molecule has 4 aromatic rings. The fourth-order valence-electron chi connectivity index (χ4n) is 5.58. The Bertz CT molecular complexity index is 1540. The Morgan fingerprint density at radius 2 is 2.03 bits per heavy atom.